The molecule has 90 valence electrons. The minimum atomic E-state index is 0.335. The summed E-state index contributed by atoms with van der Waals surface area (Å²) in [4.78, 5) is 4.50. The smallest absolute Gasteiger partial charge is 0.155 e. The Morgan fingerprint density at radius 1 is 1.53 bits per heavy atom. The molecule has 0 saturated carbocycles. The second kappa shape index (κ2) is 4.43. The molecule has 1 aliphatic heterocycles. The fourth-order valence-electron chi connectivity index (χ4n) is 2.09. The van der Waals surface area contributed by atoms with Gasteiger partial charge in [0, 0.05) is 25.2 Å². The van der Waals surface area contributed by atoms with E-state index in [9.17, 15) is 0 Å². The lowest BCUT2D eigenvalue weighted by Gasteiger charge is -2.22. The Morgan fingerprint density at radius 3 is 3.29 bits per heavy atom. The summed E-state index contributed by atoms with van der Waals surface area (Å²) in [6.45, 7) is 4.51. The van der Waals surface area contributed by atoms with Gasteiger partial charge >= 0.3 is 0 Å². The van der Waals surface area contributed by atoms with Crippen molar-refractivity contribution in [3.05, 3.63) is 29.7 Å². The van der Waals surface area contributed by atoms with E-state index in [1.54, 1.807) is 0 Å². The van der Waals surface area contributed by atoms with Crippen LogP contribution in [-0.4, -0.2) is 40.4 Å². The number of nitrogens with one attached hydrogen (secondary N) is 1. The summed E-state index contributed by atoms with van der Waals surface area (Å²) in [5.41, 5.74) is 2.09. The largest absolute Gasteiger partial charge is 0.379 e. The molecule has 0 aliphatic carbocycles. The average molecular weight is 232 g/mol. The van der Waals surface area contributed by atoms with Crippen LogP contribution in [0.4, 0.5) is 0 Å². The van der Waals surface area contributed by atoms with Gasteiger partial charge in [-0.25, -0.2) is 9.50 Å². The van der Waals surface area contributed by atoms with Crippen molar-refractivity contribution in [3.8, 4) is 0 Å². The van der Waals surface area contributed by atoms with Gasteiger partial charge in [-0.05, 0) is 18.6 Å². The van der Waals surface area contributed by atoms with E-state index >= 15 is 0 Å². The molecule has 2 aromatic heterocycles. The van der Waals surface area contributed by atoms with E-state index in [2.05, 4.69) is 28.4 Å². The molecule has 17 heavy (non-hydrogen) atoms. The highest BCUT2D eigenvalue weighted by Crippen LogP contribution is 2.06. The van der Waals surface area contributed by atoms with Gasteiger partial charge in [0.15, 0.2) is 11.5 Å². The fourth-order valence-corrected chi connectivity index (χ4v) is 2.09. The highest BCUT2D eigenvalue weighted by atomic mass is 16.5. The van der Waals surface area contributed by atoms with Crippen LogP contribution < -0.4 is 5.32 Å². The van der Waals surface area contributed by atoms with E-state index in [1.807, 2.05) is 16.8 Å². The average Bonchev–Trinajstić information content (AvgIpc) is 2.71. The number of morpholine rings is 1. The van der Waals surface area contributed by atoms with Crippen LogP contribution in [0.3, 0.4) is 0 Å². The van der Waals surface area contributed by atoms with Crippen LogP contribution >= 0.6 is 0 Å². The number of rotatable bonds is 2. The number of pyridine rings is 1. The molecular formula is C12H16N4O. The number of aromatic nitrogens is 3. The summed E-state index contributed by atoms with van der Waals surface area (Å²) in [5.74, 6) is 0.874. The fraction of sp³-hybridized carbons (Fsp3) is 0.500. The molecule has 1 fully saturated rings. The molecule has 3 heterocycles. The Bertz CT molecular complexity index is 516. The Morgan fingerprint density at radius 2 is 2.47 bits per heavy atom. The lowest BCUT2D eigenvalue weighted by atomic mass is 10.2. The van der Waals surface area contributed by atoms with E-state index in [0.29, 0.717) is 6.04 Å². The van der Waals surface area contributed by atoms with Crippen molar-refractivity contribution >= 4 is 5.65 Å². The number of hydrogen-bond donors (Lipinski definition) is 1. The van der Waals surface area contributed by atoms with Crippen LogP contribution in [-0.2, 0) is 11.2 Å². The van der Waals surface area contributed by atoms with Crippen LogP contribution in [0.2, 0.25) is 0 Å². The molecule has 1 unspecified atom stereocenters. The Hall–Kier alpha value is -1.46. The third kappa shape index (κ3) is 2.30. The molecule has 0 bridgehead atoms. The summed E-state index contributed by atoms with van der Waals surface area (Å²) in [6, 6.07) is 4.38. The van der Waals surface area contributed by atoms with Gasteiger partial charge in [0.05, 0.1) is 13.2 Å². The number of fused-ring (bicyclic) bond motifs is 1. The highest BCUT2D eigenvalue weighted by molar-refractivity contribution is 5.38. The monoisotopic (exact) mass is 232 g/mol. The number of nitrogens with zero attached hydrogens (tertiary/aromatic N) is 3. The molecule has 5 nitrogen and oxygen atoms in total. The van der Waals surface area contributed by atoms with Crippen LogP contribution in [0.1, 0.15) is 11.4 Å². The van der Waals surface area contributed by atoms with Gasteiger partial charge in [-0.3, -0.25) is 0 Å². The lowest BCUT2D eigenvalue weighted by molar-refractivity contribution is 0.0764. The zero-order chi connectivity index (χ0) is 11.7. The minimum absolute atomic E-state index is 0.335. The molecule has 5 heteroatoms. The van der Waals surface area contributed by atoms with E-state index in [-0.39, 0.29) is 0 Å². The van der Waals surface area contributed by atoms with Crippen molar-refractivity contribution in [2.24, 2.45) is 0 Å². The first-order valence-electron chi connectivity index (χ1n) is 5.94. The quantitative estimate of drug-likeness (QED) is 0.822. The summed E-state index contributed by atoms with van der Waals surface area (Å²) < 4.78 is 7.26. The maximum Gasteiger partial charge on any atom is 0.155 e. The van der Waals surface area contributed by atoms with Gasteiger partial charge in [-0.2, -0.15) is 5.10 Å². The topological polar surface area (TPSA) is 51.5 Å². The molecule has 0 amide bonds. The summed E-state index contributed by atoms with van der Waals surface area (Å²) in [6.07, 6.45) is 2.82. The Balaban J connectivity index is 1.80. The van der Waals surface area contributed by atoms with Crippen LogP contribution in [0.15, 0.2) is 18.3 Å². The second-order valence-electron chi connectivity index (χ2n) is 4.47. The van der Waals surface area contributed by atoms with Crippen molar-refractivity contribution in [2.75, 3.05) is 19.8 Å². The van der Waals surface area contributed by atoms with Crippen LogP contribution in [0.5, 0.6) is 0 Å². The number of hydrogen-bond acceptors (Lipinski definition) is 4. The second-order valence-corrected chi connectivity index (χ2v) is 4.47. The van der Waals surface area contributed by atoms with Crippen molar-refractivity contribution < 1.29 is 4.74 Å². The molecule has 0 radical (unpaired) electrons. The molecular weight excluding hydrogens is 216 g/mol. The van der Waals surface area contributed by atoms with Crippen molar-refractivity contribution in [1.29, 1.82) is 0 Å². The maximum absolute atomic E-state index is 5.42. The predicted octanol–water partition coefficient (Wildman–Crippen LogP) is 0.569. The maximum atomic E-state index is 5.42. The van der Waals surface area contributed by atoms with E-state index in [1.165, 1.54) is 5.56 Å². The molecule has 1 N–H and O–H groups in total. The van der Waals surface area contributed by atoms with Gasteiger partial charge in [-0.15, -0.1) is 0 Å². The number of ether oxygens (including phenoxy) is 1. The van der Waals surface area contributed by atoms with Gasteiger partial charge in [0.1, 0.15) is 0 Å². The summed E-state index contributed by atoms with van der Waals surface area (Å²) in [5, 5.41) is 7.89. The third-order valence-electron chi connectivity index (χ3n) is 2.95. The van der Waals surface area contributed by atoms with Gasteiger partial charge in [0.25, 0.3) is 0 Å². The zero-order valence-electron chi connectivity index (χ0n) is 9.89. The van der Waals surface area contributed by atoms with E-state index < -0.39 is 0 Å². The van der Waals surface area contributed by atoms with Crippen LogP contribution in [0, 0.1) is 6.92 Å². The summed E-state index contributed by atoms with van der Waals surface area (Å²) in [7, 11) is 0. The minimum Gasteiger partial charge on any atom is -0.379 e. The Kier molecular flexibility index (Phi) is 2.78. The Labute approximate surface area is 99.8 Å². The first-order valence-corrected chi connectivity index (χ1v) is 5.94. The molecule has 0 aromatic carbocycles. The molecule has 1 atom stereocenters. The van der Waals surface area contributed by atoms with Crippen LogP contribution in [0.25, 0.3) is 5.65 Å². The van der Waals surface area contributed by atoms with Crippen molar-refractivity contribution in [2.45, 2.75) is 19.4 Å². The third-order valence-corrected chi connectivity index (χ3v) is 2.95. The molecule has 3 rings (SSSR count). The standard InChI is InChI=1S/C12H16N4O/c1-9-2-3-12-14-11(15-16(12)7-9)6-10-8-17-5-4-13-10/h2-3,7,10,13H,4-6,8H2,1H3. The van der Waals surface area contributed by atoms with Gasteiger partial charge in [0.2, 0.25) is 0 Å². The van der Waals surface area contributed by atoms with Gasteiger partial charge < -0.3 is 10.1 Å². The zero-order valence-corrected chi connectivity index (χ0v) is 9.89. The molecule has 1 aliphatic rings. The predicted molar refractivity (Wildman–Crippen MR) is 64.0 cm³/mol. The first kappa shape index (κ1) is 10.7. The number of aryl methyl sites for hydroxylation is 1. The molecule has 0 spiro atoms. The van der Waals surface area contributed by atoms with Gasteiger partial charge in [-0.1, -0.05) is 6.07 Å². The summed E-state index contributed by atoms with van der Waals surface area (Å²) >= 11 is 0. The van der Waals surface area contributed by atoms with E-state index in [0.717, 1.165) is 37.7 Å². The normalized spacial score (nSPS) is 20.9. The van der Waals surface area contributed by atoms with Crippen molar-refractivity contribution in [1.82, 2.24) is 19.9 Å². The highest BCUT2D eigenvalue weighted by Gasteiger charge is 2.16. The first-order chi connectivity index (χ1) is 8.31. The molecule has 2 aromatic rings. The SMILES string of the molecule is Cc1ccc2nc(CC3COCCN3)nn2c1. The van der Waals surface area contributed by atoms with Crippen molar-refractivity contribution in [3.63, 3.8) is 0 Å². The lowest BCUT2D eigenvalue weighted by Crippen LogP contribution is -2.42. The molecule has 1 saturated heterocycles. The van der Waals surface area contributed by atoms with E-state index in [4.69, 9.17) is 4.74 Å².